The molecule has 0 aliphatic carbocycles. The molecule has 0 saturated carbocycles. The predicted octanol–water partition coefficient (Wildman–Crippen LogP) is 1.74. The predicted molar refractivity (Wildman–Crippen MR) is 60.6 cm³/mol. The fraction of sp³-hybridized carbons (Fsp3) is 0.167. The van der Waals surface area contributed by atoms with Crippen LogP contribution in [0.1, 0.15) is 11.3 Å². The summed E-state index contributed by atoms with van der Waals surface area (Å²) in [6.07, 6.45) is -0.462. The van der Waals surface area contributed by atoms with E-state index < -0.39 is 29.5 Å². The van der Waals surface area contributed by atoms with Crippen LogP contribution in [-0.2, 0) is 11.2 Å². The van der Waals surface area contributed by atoms with Crippen molar-refractivity contribution in [3.63, 3.8) is 0 Å². The van der Waals surface area contributed by atoms with E-state index in [2.05, 4.69) is 4.98 Å². The molecule has 1 heterocycles. The number of aryl methyl sites for hydroxylation is 1. The molecule has 1 aromatic carbocycles. The number of rotatable bonds is 2. The molecule has 4 nitrogen and oxygen atoms in total. The minimum Gasteiger partial charge on any atom is -0.481 e. The summed E-state index contributed by atoms with van der Waals surface area (Å²) in [5, 5.41) is 8.64. The quantitative estimate of drug-likeness (QED) is 0.856. The van der Waals surface area contributed by atoms with Gasteiger partial charge >= 0.3 is 5.97 Å². The SMILES string of the molecule is Cc1[nH]c2cc(F)c(F)cc2c(=O)c1CC(=O)O. The van der Waals surface area contributed by atoms with E-state index >= 15 is 0 Å². The normalized spacial score (nSPS) is 10.8. The third-order valence-corrected chi connectivity index (χ3v) is 2.68. The first kappa shape index (κ1) is 12.2. The second kappa shape index (κ2) is 4.21. The highest BCUT2D eigenvalue weighted by atomic mass is 19.2. The molecule has 0 fully saturated rings. The fourth-order valence-electron chi connectivity index (χ4n) is 1.81. The monoisotopic (exact) mass is 253 g/mol. The number of aliphatic carboxylic acids is 1. The summed E-state index contributed by atoms with van der Waals surface area (Å²) in [6.45, 7) is 1.51. The average molecular weight is 253 g/mol. The minimum absolute atomic E-state index is 0.0426. The first-order valence-corrected chi connectivity index (χ1v) is 5.12. The van der Waals surface area contributed by atoms with E-state index in [1.54, 1.807) is 0 Å². The third-order valence-electron chi connectivity index (χ3n) is 2.68. The van der Waals surface area contributed by atoms with Gasteiger partial charge in [0.2, 0.25) is 0 Å². The molecule has 0 saturated heterocycles. The minimum atomic E-state index is -1.16. The van der Waals surface area contributed by atoms with Gasteiger partial charge in [-0.25, -0.2) is 8.78 Å². The van der Waals surface area contributed by atoms with Crippen molar-refractivity contribution in [2.75, 3.05) is 0 Å². The van der Waals surface area contributed by atoms with Crippen LogP contribution in [0.2, 0.25) is 0 Å². The second-order valence-corrected chi connectivity index (χ2v) is 3.94. The maximum absolute atomic E-state index is 13.1. The van der Waals surface area contributed by atoms with E-state index in [-0.39, 0.29) is 16.5 Å². The van der Waals surface area contributed by atoms with Gasteiger partial charge in [0.25, 0.3) is 0 Å². The lowest BCUT2D eigenvalue weighted by molar-refractivity contribution is -0.136. The molecule has 94 valence electrons. The van der Waals surface area contributed by atoms with E-state index in [0.717, 1.165) is 12.1 Å². The van der Waals surface area contributed by atoms with Gasteiger partial charge in [-0.1, -0.05) is 0 Å². The van der Waals surface area contributed by atoms with Crippen LogP contribution in [0.5, 0.6) is 0 Å². The Bertz CT molecular complexity index is 707. The van der Waals surface area contributed by atoms with Crippen LogP contribution >= 0.6 is 0 Å². The largest absolute Gasteiger partial charge is 0.481 e. The molecule has 0 amide bonds. The summed E-state index contributed by atoms with van der Waals surface area (Å²) in [5.74, 6) is -3.37. The van der Waals surface area contributed by atoms with Crippen LogP contribution in [0.25, 0.3) is 10.9 Å². The molecule has 0 atom stereocenters. The molecule has 2 rings (SSSR count). The van der Waals surface area contributed by atoms with Gasteiger partial charge in [-0.2, -0.15) is 0 Å². The Morgan fingerprint density at radius 2 is 1.94 bits per heavy atom. The van der Waals surface area contributed by atoms with Crippen LogP contribution in [-0.4, -0.2) is 16.1 Å². The Morgan fingerprint density at radius 1 is 1.33 bits per heavy atom. The molecule has 0 spiro atoms. The number of hydrogen-bond acceptors (Lipinski definition) is 2. The van der Waals surface area contributed by atoms with Crippen molar-refractivity contribution in [1.29, 1.82) is 0 Å². The van der Waals surface area contributed by atoms with Crippen molar-refractivity contribution in [1.82, 2.24) is 4.98 Å². The van der Waals surface area contributed by atoms with Gasteiger partial charge in [-0.3, -0.25) is 9.59 Å². The third kappa shape index (κ3) is 1.97. The zero-order valence-electron chi connectivity index (χ0n) is 9.38. The molecular weight excluding hydrogens is 244 g/mol. The molecule has 0 unspecified atom stereocenters. The van der Waals surface area contributed by atoms with Gasteiger partial charge in [0.15, 0.2) is 17.1 Å². The van der Waals surface area contributed by atoms with Gasteiger partial charge < -0.3 is 10.1 Å². The first-order valence-electron chi connectivity index (χ1n) is 5.12. The average Bonchev–Trinajstić information content (AvgIpc) is 2.27. The Labute approximate surface area is 99.9 Å². The maximum atomic E-state index is 13.1. The summed E-state index contributed by atoms with van der Waals surface area (Å²) >= 11 is 0. The molecule has 2 N–H and O–H groups in total. The van der Waals surface area contributed by atoms with Gasteiger partial charge in [0.05, 0.1) is 11.9 Å². The zero-order valence-corrected chi connectivity index (χ0v) is 9.38. The van der Waals surface area contributed by atoms with Gasteiger partial charge in [0, 0.05) is 22.7 Å². The summed E-state index contributed by atoms with van der Waals surface area (Å²) in [7, 11) is 0. The fourth-order valence-corrected chi connectivity index (χ4v) is 1.81. The van der Waals surface area contributed by atoms with Crippen LogP contribution < -0.4 is 5.43 Å². The number of benzene rings is 1. The van der Waals surface area contributed by atoms with Crippen LogP contribution in [0, 0.1) is 18.6 Å². The smallest absolute Gasteiger partial charge is 0.308 e. The van der Waals surface area contributed by atoms with Crippen molar-refractivity contribution >= 4 is 16.9 Å². The maximum Gasteiger partial charge on any atom is 0.308 e. The second-order valence-electron chi connectivity index (χ2n) is 3.94. The molecule has 18 heavy (non-hydrogen) atoms. The van der Waals surface area contributed by atoms with Gasteiger partial charge in [-0.05, 0) is 13.0 Å². The number of aromatic nitrogens is 1. The van der Waals surface area contributed by atoms with Gasteiger partial charge in [0.1, 0.15) is 0 Å². The van der Waals surface area contributed by atoms with Crippen molar-refractivity contribution in [2.24, 2.45) is 0 Å². The van der Waals surface area contributed by atoms with E-state index in [9.17, 15) is 18.4 Å². The van der Waals surface area contributed by atoms with Crippen molar-refractivity contribution < 1.29 is 18.7 Å². The number of fused-ring (bicyclic) bond motifs is 1. The first-order chi connectivity index (χ1) is 8.40. The van der Waals surface area contributed by atoms with Crippen molar-refractivity contribution in [2.45, 2.75) is 13.3 Å². The number of carboxylic acids is 1. The van der Waals surface area contributed by atoms with Crippen LogP contribution in [0.4, 0.5) is 8.78 Å². The lowest BCUT2D eigenvalue weighted by atomic mass is 10.1. The van der Waals surface area contributed by atoms with E-state index in [0.29, 0.717) is 5.69 Å². The number of carbonyl (C=O) groups is 1. The van der Waals surface area contributed by atoms with Gasteiger partial charge in [-0.15, -0.1) is 0 Å². The summed E-state index contributed by atoms with van der Waals surface area (Å²) in [5.41, 5.74) is -0.0741. The Morgan fingerprint density at radius 3 is 2.56 bits per heavy atom. The molecule has 0 aliphatic heterocycles. The molecule has 1 aromatic heterocycles. The molecule has 6 heteroatoms. The number of aromatic amines is 1. The van der Waals surface area contributed by atoms with Crippen molar-refractivity contribution in [3.8, 4) is 0 Å². The topological polar surface area (TPSA) is 70.2 Å². The number of H-pyrrole nitrogens is 1. The number of carboxylic acid groups (broad SMARTS) is 1. The molecule has 0 aliphatic rings. The highest BCUT2D eigenvalue weighted by molar-refractivity contribution is 5.81. The summed E-state index contributed by atoms with van der Waals surface area (Å²) < 4.78 is 26.1. The number of pyridine rings is 1. The van der Waals surface area contributed by atoms with Crippen LogP contribution in [0.3, 0.4) is 0 Å². The molecular formula is C12H9F2NO3. The number of nitrogens with one attached hydrogen (secondary N) is 1. The summed E-state index contributed by atoms with van der Waals surface area (Å²) in [4.78, 5) is 25.3. The molecule has 2 aromatic rings. The van der Waals surface area contributed by atoms with Crippen molar-refractivity contribution in [3.05, 3.63) is 45.2 Å². The molecule has 0 radical (unpaired) electrons. The lowest BCUT2D eigenvalue weighted by Gasteiger charge is -2.06. The van der Waals surface area contributed by atoms with E-state index in [4.69, 9.17) is 5.11 Å². The summed E-state index contributed by atoms with van der Waals surface area (Å²) in [6, 6.07) is 1.65. The Kier molecular flexibility index (Phi) is 2.86. The lowest BCUT2D eigenvalue weighted by Crippen LogP contribution is -2.17. The van der Waals surface area contributed by atoms with E-state index in [1.807, 2.05) is 0 Å². The highest BCUT2D eigenvalue weighted by Gasteiger charge is 2.14. The Hall–Kier alpha value is -2.24. The Balaban J connectivity index is 2.81. The number of halogens is 2. The zero-order chi connectivity index (χ0) is 13.4. The standard InChI is InChI=1S/C12H9F2NO3/c1-5-6(3-11(16)17)12(18)7-2-8(13)9(14)4-10(7)15-5/h2,4H,3H2,1H3,(H,15,18)(H,16,17). The number of hydrogen-bond donors (Lipinski definition) is 2. The molecule has 0 bridgehead atoms. The van der Waals surface area contributed by atoms with E-state index in [1.165, 1.54) is 6.92 Å². The highest BCUT2D eigenvalue weighted by Crippen LogP contribution is 2.16. The van der Waals surface area contributed by atoms with Crippen LogP contribution in [0.15, 0.2) is 16.9 Å².